The lowest BCUT2D eigenvalue weighted by atomic mass is 10.1. The lowest BCUT2D eigenvalue weighted by molar-refractivity contribution is 0.199. The summed E-state index contributed by atoms with van der Waals surface area (Å²) in [6, 6.07) is 12.5. The van der Waals surface area contributed by atoms with Gasteiger partial charge in [-0.25, -0.2) is 0 Å². The van der Waals surface area contributed by atoms with Gasteiger partial charge in [0.25, 0.3) is 0 Å². The van der Waals surface area contributed by atoms with E-state index in [4.69, 9.17) is 0 Å². The number of aryl methyl sites for hydroxylation is 2. The third-order valence-electron chi connectivity index (χ3n) is 2.99. The zero-order chi connectivity index (χ0) is 14.0. The molecule has 0 aliphatic carbocycles. The molecule has 2 rings (SSSR count). The largest absolute Gasteiger partial charge is 0.389 e. The van der Waals surface area contributed by atoms with E-state index in [0.29, 0.717) is 0 Å². The molecule has 19 heavy (non-hydrogen) atoms. The Morgan fingerprint density at radius 3 is 2.32 bits per heavy atom. The highest BCUT2D eigenvalue weighted by molar-refractivity contribution is 9.10. The molecule has 2 aromatic rings. The van der Waals surface area contributed by atoms with Crippen molar-refractivity contribution in [3.05, 3.63) is 57.6 Å². The summed E-state index contributed by atoms with van der Waals surface area (Å²) >= 11 is 5.32. The van der Waals surface area contributed by atoms with Crippen LogP contribution in [0.3, 0.4) is 0 Å². The number of aliphatic hydroxyl groups excluding tert-OH is 1. The van der Waals surface area contributed by atoms with Crippen molar-refractivity contribution >= 4 is 27.7 Å². The minimum Gasteiger partial charge on any atom is -0.389 e. The van der Waals surface area contributed by atoms with Gasteiger partial charge in [0.1, 0.15) is 0 Å². The summed E-state index contributed by atoms with van der Waals surface area (Å²) in [6.45, 7) is 6.01. The zero-order valence-corrected chi connectivity index (χ0v) is 13.7. The van der Waals surface area contributed by atoms with E-state index >= 15 is 0 Å². The van der Waals surface area contributed by atoms with Gasteiger partial charge in [-0.1, -0.05) is 35.5 Å². The van der Waals surface area contributed by atoms with Crippen molar-refractivity contribution in [1.29, 1.82) is 0 Å². The summed E-state index contributed by atoms with van der Waals surface area (Å²) in [7, 11) is 0. The average Bonchev–Trinajstić information content (AvgIpc) is 2.34. The van der Waals surface area contributed by atoms with E-state index in [2.05, 4.69) is 54.0 Å². The lowest BCUT2D eigenvalue weighted by Crippen LogP contribution is -1.91. The summed E-state index contributed by atoms with van der Waals surface area (Å²) < 4.78 is 1.02. The van der Waals surface area contributed by atoms with Crippen LogP contribution in [0.15, 0.2) is 50.7 Å². The van der Waals surface area contributed by atoms with Gasteiger partial charge in [-0.05, 0) is 66.0 Å². The Bertz CT molecular complexity index is 593. The summed E-state index contributed by atoms with van der Waals surface area (Å²) in [4.78, 5) is 2.42. The van der Waals surface area contributed by atoms with Gasteiger partial charge >= 0.3 is 0 Å². The van der Waals surface area contributed by atoms with Crippen LogP contribution in [-0.2, 0) is 0 Å². The normalized spacial score (nSPS) is 12.5. The Morgan fingerprint density at radius 2 is 1.74 bits per heavy atom. The maximum absolute atomic E-state index is 9.58. The fraction of sp³-hybridized carbons (Fsp3) is 0.250. The zero-order valence-electron chi connectivity index (χ0n) is 11.3. The van der Waals surface area contributed by atoms with Crippen molar-refractivity contribution in [2.45, 2.75) is 36.7 Å². The molecular formula is C16H17BrOS. The number of rotatable bonds is 3. The van der Waals surface area contributed by atoms with Gasteiger partial charge in [0.15, 0.2) is 0 Å². The van der Waals surface area contributed by atoms with E-state index in [1.54, 1.807) is 18.7 Å². The van der Waals surface area contributed by atoms with E-state index in [1.807, 2.05) is 12.1 Å². The topological polar surface area (TPSA) is 20.2 Å². The first kappa shape index (κ1) is 14.6. The highest BCUT2D eigenvalue weighted by atomic mass is 79.9. The first-order chi connectivity index (χ1) is 8.97. The first-order valence-electron chi connectivity index (χ1n) is 6.20. The summed E-state index contributed by atoms with van der Waals surface area (Å²) in [5.41, 5.74) is 3.50. The Labute approximate surface area is 127 Å². The Balaban J connectivity index is 2.28. The number of halogens is 1. The third kappa shape index (κ3) is 3.62. The van der Waals surface area contributed by atoms with Gasteiger partial charge in [0.2, 0.25) is 0 Å². The van der Waals surface area contributed by atoms with Crippen molar-refractivity contribution in [1.82, 2.24) is 0 Å². The molecule has 0 saturated heterocycles. The molecule has 1 atom stereocenters. The maximum atomic E-state index is 9.58. The third-order valence-corrected chi connectivity index (χ3v) is 5.16. The van der Waals surface area contributed by atoms with Crippen LogP contribution in [0.1, 0.15) is 29.7 Å². The second-order valence-electron chi connectivity index (χ2n) is 4.74. The van der Waals surface area contributed by atoms with Crippen molar-refractivity contribution in [3.8, 4) is 0 Å². The van der Waals surface area contributed by atoms with Crippen LogP contribution in [-0.4, -0.2) is 5.11 Å². The molecule has 0 amide bonds. The molecule has 0 unspecified atom stereocenters. The monoisotopic (exact) mass is 336 g/mol. The van der Waals surface area contributed by atoms with Crippen LogP contribution in [0, 0.1) is 13.8 Å². The van der Waals surface area contributed by atoms with Gasteiger partial charge in [0, 0.05) is 14.3 Å². The number of hydrogen-bond acceptors (Lipinski definition) is 2. The number of hydrogen-bond donors (Lipinski definition) is 1. The maximum Gasteiger partial charge on any atom is 0.0762 e. The summed E-state index contributed by atoms with van der Waals surface area (Å²) in [5.74, 6) is 0. The standard InChI is InChI=1S/C16H17BrOS/c1-10-4-6-15(11(2)8-10)19-16-7-5-13(12(3)18)9-14(16)17/h4-9,12,18H,1-3H3/t12-/m1/s1. The molecule has 1 N–H and O–H groups in total. The van der Waals surface area contributed by atoms with Gasteiger partial charge in [0.05, 0.1) is 6.10 Å². The van der Waals surface area contributed by atoms with Gasteiger partial charge < -0.3 is 5.11 Å². The molecule has 0 spiro atoms. The smallest absolute Gasteiger partial charge is 0.0762 e. The molecule has 0 radical (unpaired) electrons. The van der Waals surface area contributed by atoms with Crippen molar-refractivity contribution in [2.75, 3.05) is 0 Å². The number of benzene rings is 2. The summed E-state index contributed by atoms with van der Waals surface area (Å²) in [6.07, 6.45) is -0.434. The van der Waals surface area contributed by atoms with Gasteiger partial charge in [-0.2, -0.15) is 0 Å². The van der Waals surface area contributed by atoms with E-state index < -0.39 is 6.10 Å². The van der Waals surface area contributed by atoms with Gasteiger partial charge in [-0.15, -0.1) is 0 Å². The van der Waals surface area contributed by atoms with Crippen LogP contribution in [0.2, 0.25) is 0 Å². The van der Waals surface area contributed by atoms with E-state index in [9.17, 15) is 5.11 Å². The van der Waals surface area contributed by atoms with Crippen molar-refractivity contribution < 1.29 is 5.11 Å². The second kappa shape index (κ2) is 6.12. The molecule has 0 saturated carbocycles. The van der Waals surface area contributed by atoms with Crippen LogP contribution < -0.4 is 0 Å². The van der Waals surface area contributed by atoms with E-state index in [0.717, 1.165) is 14.9 Å². The molecule has 2 aromatic carbocycles. The molecule has 100 valence electrons. The predicted molar refractivity (Wildman–Crippen MR) is 84.8 cm³/mol. The molecule has 0 heterocycles. The fourth-order valence-corrected chi connectivity index (χ4v) is 3.42. The molecule has 0 aliphatic heterocycles. The molecular weight excluding hydrogens is 320 g/mol. The fourth-order valence-electron chi connectivity index (χ4n) is 1.89. The molecule has 0 aliphatic rings. The number of aliphatic hydroxyl groups is 1. The van der Waals surface area contributed by atoms with Crippen LogP contribution >= 0.6 is 27.7 Å². The first-order valence-corrected chi connectivity index (χ1v) is 7.81. The molecule has 0 bridgehead atoms. The Kier molecular flexibility index (Phi) is 4.71. The van der Waals surface area contributed by atoms with E-state index in [-0.39, 0.29) is 0 Å². The molecule has 3 heteroatoms. The molecule has 1 nitrogen and oxygen atoms in total. The molecule has 0 aromatic heterocycles. The van der Waals surface area contributed by atoms with E-state index in [1.165, 1.54) is 16.0 Å². The SMILES string of the molecule is Cc1ccc(Sc2ccc([C@@H](C)O)cc2Br)c(C)c1. The Morgan fingerprint density at radius 1 is 1.05 bits per heavy atom. The minimum absolute atomic E-state index is 0.434. The Hall–Kier alpha value is -0.770. The van der Waals surface area contributed by atoms with Gasteiger partial charge in [-0.3, -0.25) is 0 Å². The quantitative estimate of drug-likeness (QED) is 0.823. The second-order valence-corrected chi connectivity index (χ2v) is 6.67. The average molecular weight is 337 g/mol. The molecule has 0 fully saturated rings. The summed E-state index contributed by atoms with van der Waals surface area (Å²) in [5, 5.41) is 9.58. The predicted octanol–water partition coefficient (Wildman–Crippen LogP) is 5.27. The van der Waals surface area contributed by atoms with Crippen LogP contribution in [0.5, 0.6) is 0 Å². The lowest BCUT2D eigenvalue weighted by Gasteiger charge is -2.11. The highest BCUT2D eigenvalue weighted by Crippen LogP contribution is 2.36. The van der Waals surface area contributed by atoms with Crippen LogP contribution in [0.4, 0.5) is 0 Å². The van der Waals surface area contributed by atoms with Crippen molar-refractivity contribution in [2.24, 2.45) is 0 Å². The minimum atomic E-state index is -0.434. The van der Waals surface area contributed by atoms with Crippen molar-refractivity contribution in [3.63, 3.8) is 0 Å². The van der Waals surface area contributed by atoms with Crippen LogP contribution in [0.25, 0.3) is 0 Å². The highest BCUT2D eigenvalue weighted by Gasteiger charge is 2.08.